The highest BCUT2D eigenvalue weighted by molar-refractivity contribution is 6.39. The standard InChI is InChI=1S/C38H37Cl2F2N7O5/c1-5-54-37(51)19-14-16-49(17-15-19)26-13-12-20-18-25(44-35(53-4)27(20)26)23-10-6-8-21(29(23)39)22-9-7-11-24(30(22)40)43-32-28-34(46-33(45-32)31(41)42)47(2)38(52)48(3)36(28)50/h6-11,18-19,26,31H,5,12-17H2,1-4H3,(H,43,45,46)/t26-/m0/s1. The number of rotatable bonds is 9. The lowest BCUT2D eigenvalue weighted by Gasteiger charge is -2.35. The Morgan fingerprint density at radius 1 is 0.963 bits per heavy atom. The molecule has 1 aliphatic carbocycles. The number of halogens is 4. The first-order chi connectivity index (χ1) is 25.9. The van der Waals surface area contributed by atoms with E-state index in [1.807, 2.05) is 25.1 Å². The Labute approximate surface area is 318 Å². The molecule has 0 unspecified atom stereocenters. The van der Waals surface area contributed by atoms with Crippen LogP contribution < -0.4 is 21.3 Å². The van der Waals surface area contributed by atoms with Crippen molar-refractivity contribution in [2.75, 3.05) is 32.1 Å². The van der Waals surface area contributed by atoms with Gasteiger partial charge in [0.1, 0.15) is 11.2 Å². The third-order valence-corrected chi connectivity index (χ3v) is 11.1. The van der Waals surface area contributed by atoms with Crippen LogP contribution in [0, 0.1) is 5.92 Å². The molecule has 282 valence electrons. The number of fused-ring (bicyclic) bond motifs is 2. The summed E-state index contributed by atoms with van der Waals surface area (Å²) in [6, 6.07) is 12.7. The number of methoxy groups -OCH3 is 1. The Hall–Kier alpha value is -4.92. The van der Waals surface area contributed by atoms with E-state index in [0.717, 1.165) is 59.0 Å². The number of esters is 1. The molecule has 0 bridgehead atoms. The second-order valence-electron chi connectivity index (χ2n) is 13.3. The second-order valence-corrected chi connectivity index (χ2v) is 14.1. The van der Waals surface area contributed by atoms with Gasteiger partial charge in [-0.2, -0.15) is 0 Å². The molecule has 0 radical (unpaired) electrons. The number of anilines is 2. The minimum atomic E-state index is -3.08. The molecule has 0 saturated carbocycles. The van der Waals surface area contributed by atoms with Crippen LogP contribution >= 0.6 is 23.2 Å². The molecule has 1 atom stereocenters. The summed E-state index contributed by atoms with van der Waals surface area (Å²) in [5.74, 6) is -0.785. The van der Waals surface area contributed by atoms with Crippen LogP contribution in [0.5, 0.6) is 5.88 Å². The Morgan fingerprint density at radius 3 is 2.33 bits per heavy atom. The SMILES string of the molecule is CCOC(=O)C1CCN([C@H]2CCc3cc(-c4cccc(-c5cccc(Nc6nc(C(F)F)nc7c6c(=O)n(C)c(=O)n7C)c5Cl)c4Cl)nc(OC)c32)CC1. The van der Waals surface area contributed by atoms with Gasteiger partial charge in [0, 0.05) is 42.4 Å². The van der Waals surface area contributed by atoms with Gasteiger partial charge in [-0.1, -0.05) is 53.5 Å². The number of benzene rings is 2. The van der Waals surface area contributed by atoms with E-state index in [1.165, 1.54) is 14.1 Å². The Morgan fingerprint density at radius 2 is 1.65 bits per heavy atom. The van der Waals surface area contributed by atoms with Gasteiger partial charge in [0.15, 0.2) is 11.5 Å². The molecule has 1 saturated heterocycles. The van der Waals surface area contributed by atoms with Gasteiger partial charge >= 0.3 is 11.7 Å². The van der Waals surface area contributed by atoms with Crippen LogP contribution in [0.25, 0.3) is 33.4 Å². The minimum absolute atomic E-state index is 0.0833. The largest absolute Gasteiger partial charge is 0.481 e. The van der Waals surface area contributed by atoms with Gasteiger partial charge in [-0.25, -0.2) is 28.5 Å². The molecule has 5 aromatic rings. The van der Waals surface area contributed by atoms with Crippen LogP contribution in [-0.4, -0.2) is 61.8 Å². The van der Waals surface area contributed by atoms with Crippen LogP contribution in [0.15, 0.2) is 52.1 Å². The molecule has 2 aliphatic rings. The van der Waals surface area contributed by atoms with Crippen LogP contribution in [0.4, 0.5) is 20.3 Å². The van der Waals surface area contributed by atoms with Gasteiger partial charge in [-0.15, -0.1) is 0 Å². The van der Waals surface area contributed by atoms with Crippen LogP contribution in [0.2, 0.25) is 10.0 Å². The molecular formula is C38H37Cl2F2N7O5. The summed E-state index contributed by atoms with van der Waals surface area (Å²) in [5, 5.41) is 3.34. The quantitative estimate of drug-likeness (QED) is 0.156. The maximum atomic E-state index is 13.9. The van der Waals surface area contributed by atoms with Gasteiger partial charge in [-0.3, -0.25) is 23.6 Å². The maximum Gasteiger partial charge on any atom is 0.332 e. The van der Waals surface area contributed by atoms with E-state index in [9.17, 15) is 23.2 Å². The molecule has 3 aromatic heterocycles. The van der Waals surface area contributed by atoms with Gasteiger partial charge in [0.25, 0.3) is 12.0 Å². The molecule has 12 nitrogen and oxygen atoms in total. The Kier molecular flexibility index (Phi) is 10.4. The zero-order chi connectivity index (χ0) is 38.4. The minimum Gasteiger partial charge on any atom is -0.481 e. The average molecular weight is 781 g/mol. The fourth-order valence-corrected chi connectivity index (χ4v) is 8.11. The maximum absolute atomic E-state index is 13.9. The van der Waals surface area contributed by atoms with Crippen molar-refractivity contribution in [3.8, 4) is 28.3 Å². The smallest absolute Gasteiger partial charge is 0.332 e. The normalized spacial score (nSPS) is 16.2. The lowest BCUT2D eigenvalue weighted by Crippen LogP contribution is -2.38. The van der Waals surface area contributed by atoms with Crippen LogP contribution in [0.3, 0.4) is 0 Å². The van der Waals surface area contributed by atoms with Crippen molar-refractivity contribution >= 4 is 51.7 Å². The predicted octanol–water partition coefficient (Wildman–Crippen LogP) is 7.02. The van der Waals surface area contributed by atoms with E-state index in [1.54, 1.807) is 31.4 Å². The number of nitrogens with zero attached hydrogens (tertiary/aromatic N) is 6. The summed E-state index contributed by atoms with van der Waals surface area (Å²) in [4.78, 5) is 53.2. The van der Waals surface area contributed by atoms with E-state index < -0.39 is 23.5 Å². The van der Waals surface area contributed by atoms with E-state index >= 15 is 0 Å². The summed E-state index contributed by atoms with van der Waals surface area (Å²) < 4.78 is 40.8. The van der Waals surface area contributed by atoms with Crippen molar-refractivity contribution in [2.45, 2.75) is 45.1 Å². The first-order valence-electron chi connectivity index (χ1n) is 17.5. The van der Waals surface area contributed by atoms with Crippen LogP contribution in [0.1, 0.15) is 55.6 Å². The zero-order valence-corrected chi connectivity index (χ0v) is 31.5. The molecule has 0 amide bonds. The first-order valence-corrected chi connectivity index (χ1v) is 18.3. The van der Waals surface area contributed by atoms with Crippen molar-refractivity contribution in [2.24, 2.45) is 20.0 Å². The summed E-state index contributed by atoms with van der Waals surface area (Å²) in [5.41, 5.74) is 3.04. The van der Waals surface area contributed by atoms with Gasteiger partial charge in [0.05, 0.1) is 41.1 Å². The third-order valence-electron chi connectivity index (χ3n) is 10.2. The fourth-order valence-electron chi connectivity index (χ4n) is 7.51. The number of likely N-dealkylation sites (tertiary alicyclic amines) is 1. The Balaban J connectivity index is 1.22. The zero-order valence-electron chi connectivity index (χ0n) is 30.0. The molecule has 2 aromatic carbocycles. The number of carbonyl (C=O) groups is 1. The second kappa shape index (κ2) is 15.1. The Bertz CT molecular complexity index is 2410. The fraction of sp³-hybridized carbons (Fsp3) is 0.368. The van der Waals surface area contributed by atoms with Gasteiger partial charge < -0.3 is 14.8 Å². The number of aryl methyl sites for hydroxylation is 2. The number of hydrogen-bond donors (Lipinski definition) is 1. The molecular weight excluding hydrogens is 743 g/mol. The lowest BCUT2D eigenvalue weighted by molar-refractivity contribution is -0.149. The highest BCUT2D eigenvalue weighted by Gasteiger charge is 2.36. The molecule has 1 aliphatic heterocycles. The monoisotopic (exact) mass is 779 g/mol. The molecule has 1 fully saturated rings. The van der Waals surface area contributed by atoms with E-state index in [0.29, 0.717) is 39.9 Å². The summed E-state index contributed by atoms with van der Waals surface area (Å²) in [7, 11) is 4.21. The molecule has 7 rings (SSSR count). The van der Waals surface area contributed by atoms with Crippen molar-refractivity contribution in [3.05, 3.63) is 90.3 Å². The summed E-state index contributed by atoms with van der Waals surface area (Å²) >= 11 is 14.1. The van der Waals surface area contributed by atoms with E-state index in [-0.39, 0.29) is 45.5 Å². The van der Waals surface area contributed by atoms with Crippen molar-refractivity contribution in [1.82, 2.24) is 29.0 Å². The lowest BCUT2D eigenvalue weighted by atomic mass is 9.94. The van der Waals surface area contributed by atoms with Crippen LogP contribution in [-0.2, 0) is 30.0 Å². The van der Waals surface area contributed by atoms with Crippen molar-refractivity contribution in [3.63, 3.8) is 0 Å². The average Bonchev–Trinajstić information content (AvgIpc) is 3.61. The summed E-state index contributed by atoms with van der Waals surface area (Å²) in [6.07, 6.45) is 0.124. The number of pyridine rings is 1. The number of piperidine rings is 1. The highest BCUT2D eigenvalue weighted by atomic mass is 35.5. The summed E-state index contributed by atoms with van der Waals surface area (Å²) in [6.45, 7) is 3.76. The van der Waals surface area contributed by atoms with E-state index in [4.69, 9.17) is 37.7 Å². The predicted molar refractivity (Wildman–Crippen MR) is 202 cm³/mol. The third kappa shape index (κ3) is 6.60. The molecule has 0 spiro atoms. The van der Waals surface area contributed by atoms with Gasteiger partial charge in [-0.05, 0) is 63.4 Å². The molecule has 54 heavy (non-hydrogen) atoms. The number of aromatic nitrogens is 5. The molecule has 16 heteroatoms. The topological polar surface area (TPSA) is 133 Å². The van der Waals surface area contributed by atoms with Crippen molar-refractivity contribution in [1.29, 1.82) is 0 Å². The van der Waals surface area contributed by atoms with Gasteiger partial charge in [0.2, 0.25) is 5.88 Å². The van der Waals surface area contributed by atoms with E-state index in [2.05, 4.69) is 20.2 Å². The number of ether oxygens (including phenoxy) is 2. The molecule has 4 heterocycles. The number of hydrogen-bond acceptors (Lipinski definition) is 10. The number of nitrogens with one attached hydrogen (secondary N) is 1. The van der Waals surface area contributed by atoms with Crippen molar-refractivity contribution < 1.29 is 23.0 Å². The number of carbonyl (C=O) groups excluding carboxylic acids is 1. The first kappa shape index (κ1) is 37.4. The molecule has 1 N–H and O–H groups in total. The highest BCUT2D eigenvalue weighted by Crippen LogP contribution is 2.46. The number of alkyl halides is 2.